The van der Waals surface area contributed by atoms with Crippen LogP contribution in [0.2, 0.25) is 58.9 Å². The average Bonchev–Trinajstić information content (AvgIpc) is 2.89. The fourth-order valence-electron chi connectivity index (χ4n) is 5.41. The van der Waals surface area contributed by atoms with Crippen molar-refractivity contribution in [2.24, 2.45) is 0 Å². The fourth-order valence-corrected chi connectivity index (χ4v) is 8.66. The molecule has 50 heavy (non-hydrogen) atoms. The van der Waals surface area contributed by atoms with Gasteiger partial charge in [0, 0.05) is 34.6 Å². The second kappa shape index (κ2) is 18.0. The smallest absolute Gasteiger partial charge is 0.305 e. The standard InChI is InChI=1S/C31H56O16Si3/c1-17(32)37-15-23-25(45-48(6,7)8)27(46-49(9,10)11)29(47-50(12,13)14)30(43-23)38-16-22-24(39-18(2)33)26(40-19(3)34)28(41-20(4)35)31(44-22)42-21(5)36/h22-31H,15-16H2,1-14H3/t22?,23?,24-,25+,26?,27+,28+,29?,30+,31?/m1/s1. The van der Waals surface area contributed by atoms with Crippen molar-refractivity contribution in [3.63, 3.8) is 0 Å². The number of hydrogen-bond acceptors (Lipinski definition) is 16. The summed E-state index contributed by atoms with van der Waals surface area (Å²) in [6, 6.07) is 0. The molecule has 0 N–H and O–H groups in total. The third-order valence-electron chi connectivity index (χ3n) is 6.72. The van der Waals surface area contributed by atoms with Crippen LogP contribution >= 0.6 is 0 Å². The molecular weight excluding hydrogens is 713 g/mol. The molecule has 0 aromatic rings. The van der Waals surface area contributed by atoms with Crippen LogP contribution in [0.25, 0.3) is 0 Å². The van der Waals surface area contributed by atoms with Crippen LogP contribution in [0.15, 0.2) is 0 Å². The Kier molecular flexibility index (Phi) is 15.8. The van der Waals surface area contributed by atoms with E-state index in [0.29, 0.717) is 0 Å². The molecule has 0 aromatic heterocycles. The first-order valence-electron chi connectivity index (χ1n) is 16.5. The van der Waals surface area contributed by atoms with Gasteiger partial charge in [0.1, 0.15) is 37.1 Å². The molecule has 2 fully saturated rings. The summed E-state index contributed by atoms with van der Waals surface area (Å²) in [4.78, 5) is 60.7. The first-order chi connectivity index (χ1) is 22.8. The molecule has 2 heterocycles. The lowest BCUT2D eigenvalue weighted by molar-refractivity contribution is -0.325. The van der Waals surface area contributed by atoms with Gasteiger partial charge in [-0.15, -0.1) is 0 Å². The zero-order valence-electron chi connectivity index (χ0n) is 31.7. The second-order valence-electron chi connectivity index (χ2n) is 15.1. The third kappa shape index (κ3) is 14.8. The monoisotopic (exact) mass is 768 g/mol. The predicted molar refractivity (Wildman–Crippen MR) is 183 cm³/mol. The van der Waals surface area contributed by atoms with Gasteiger partial charge >= 0.3 is 29.8 Å². The molecule has 0 saturated carbocycles. The Hall–Kier alpha value is -2.24. The highest BCUT2D eigenvalue weighted by molar-refractivity contribution is 6.70. The van der Waals surface area contributed by atoms with Gasteiger partial charge in [0.05, 0.1) is 6.61 Å². The Morgan fingerprint density at radius 1 is 0.440 bits per heavy atom. The Morgan fingerprint density at radius 3 is 1.30 bits per heavy atom. The summed E-state index contributed by atoms with van der Waals surface area (Å²) in [6.07, 6.45) is -11.4. The van der Waals surface area contributed by atoms with Crippen molar-refractivity contribution >= 4 is 54.8 Å². The van der Waals surface area contributed by atoms with Crippen LogP contribution in [0.4, 0.5) is 0 Å². The lowest BCUT2D eigenvalue weighted by Gasteiger charge is -2.50. The lowest BCUT2D eigenvalue weighted by atomic mass is 9.97. The highest BCUT2D eigenvalue weighted by Crippen LogP contribution is 2.36. The van der Waals surface area contributed by atoms with Gasteiger partial charge < -0.3 is 51.2 Å². The van der Waals surface area contributed by atoms with E-state index >= 15 is 0 Å². The summed E-state index contributed by atoms with van der Waals surface area (Å²) in [5.74, 6) is -3.66. The third-order valence-corrected chi connectivity index (χ3v) is 9.65. The van der Waals surface area contributed by atoms with Gasteiger partial charge in [-0.3, -0.25) is 24.0 Å². The van der Waals surface area contributed by atoms with Gasteiger partial charge in [-0.25, -0.2) is 0 Å². The molecule has 0 bridgehead atoms. The number of ether oxygens (including phenoxy) is 8. The van der Waals surface area contributed by atoms with Gasteiger partial charge in [-0.2, -0.15) is 0 Å². The van der Waals surface area contributed by atoms with Gasteiger partial charge in [-0.1, -0.05) is 0 Å². The van der Waals surface area contributed by atoms with Crippen molar-refractivity contribution in [3.8, 4) is 0 Å². The molecule has 10 atom stereocenters. The van der Waals surface area contributed by atoms with Crippen LogP contribution in [0, 0.1) is 0 Å². The summed E-state index contributed by atoms with van der Waals surface area (Å²) in [5.41, 5.74) is 0. The maximum Gasteiger partial charge on any atom is 0.305 e. The molecule has 0 radical (unpaired) electrons. The molecule has 0 aliphatic carbocycles. The quantitative estimate of drug-likeness (QED) is 0.134. The molecule has 2 saturated heterocycles. The molecular formula is C31H56O16Si3. The van der Waals surface area contributed by atoms with E-state index in [9.17, 15) is 24.0 Å². The van der Waals surface area contributed by atoms with Crippen LogP contribution in [0.1, 0.15) is 34.6 Å². The molecule has 16 nitrogen and oxygen atoms in total. The predicted octanol–water partition coefficient (Wildman–Crippen LogP) is 3.03. The molecule has 19 heteroatoms. The fraction of sp³-hybridized carbons (Fsp3) is 0.839. The molecule has 2 aliphatic heterocycles. The Balaban J connectivity index is 2.65. The molecule has 0 amide bonds. The number of carbonyl (C=O) groups is 5. The normalized spacial score (nSPS) is 30.5. The molecule has 0 spiro atoms. The summed E-state index contributed by atoms with van der Waals surface area (Å²) in [5, 5.41) is 0. The van der Waals surface area contributed by atoms with Crippen LogP contribution in [-0.2, 0) is 75.1 Å². The van der Waals surface area contributed by atoms with Gasteiger partial charge in [0.2, 0.25) is 12.4 Å². The van der Waals surface area contributed by atoms with E-state index in [2.05, 4.69) is 0 Å². The highest BCUT2D eigenvalue weighted by atomic mass is 28.4. The van der Waals surface area contributed by atoms with Crippen molar-refractivity contribution in [1.82, 2.24) is 0 Å². The van der Waals surface area contributed by atoms with E-state index < -0.39 is 123 Å². The van der Waals surface area contributed by atoms with Crippen molar-refractivity contribution in [1.29, 1.82) is 0 Å². The Morgan fingerprint density at radius 2 is 0.840 bits per heavy atom. The lowest BCUT2D eigenvalue weighted by Crippen LogP contribution is -2.67. The maximum absolute atomic E-state index is 12.3. The first kappa shape index (κ1) is 43.9. The number of hydrogen-bond donors (Lipinski definition) is 0. The molecule has 288 valence electrons. The minimum atomic E-state index is -2.36. The van der Waals surface area contributed by atoms with Crippen LogP contribution < -0.4 is 0 Å². The van der Waals surface area contributed by atoms with Crippen LogP contribution in [-0.4, -0.2) is 129 Å². The minimum absolute atomic E-state index is 0.168. The maximum atomic E-state index is 12.3. The highest BCUT2D eigenvalue weighted by Gasteiger charge is 2.56. The van der Waals surface area contributed by atoms with E-state index in [0.717, 1.165) is 27.7 Å². The van der Waals surface area contributed by atoms with E-state index in [-0.39, 0.29) is 6.61 Å². The number of esters is 5. The molecule has 2 aliphatic rings. The zero-order chi connectivity index (χ0) is 38.4. The van der Waals surface area contributed by atoms with Crippen molar-refractivity contribution < 1.29 is 75.1 Å². The zero-order valence-corrected chi connectivity index (χ0v) is 34.7. The van der Waals surface area contributed by atoms with Crippen molar-refractivity contribution in [2.75, 3.05) is 13.2 Å². The van der Waals surface area contributed by atoms with Crippen LogP contribution in [0.5, 0.6) is 0 Å². The summed E-state index contributed by atoms with van der Waals surface area (Å²) in [7, 11) is -6.92. The van der Waals surface area contributed by atoms with Crippen molar-refractivity contribution in [2.45, 2.75) is 155 Å². The number of carbonyl (C=O) groups excluding carboxylic acids is 5. The van der Waals surface area contributed by atoms with E-state index in [1.807, 2.05) is 58.9 Å². The van der Waals surface area contributed by atoms with Crippen molar-refractivity contribution in [3.05, 3.63) is 0 Å². The summed E-state index contributed by atoms with van der Waals surface area (Å²) in [6.45, 7) is 23.4. The van der Waals surface area contributed by atoms with E-state index in [1.165, 1.54) is 6.92 Å². The molecule has 2 rings (SSSR count). The second-order valence-corrected chi connectivity index (χ2v) is 28.5. The molecule has 0 aromatic carbocycles. The average molecular weight is 769 g/mol. The Bertz CT molecular complexity index is 1200. The van der Waals surface area contributed by atoms with Gasteiger partial charge in [0.25, 0.3) is 0 Å². The summed E-state index contributed by atoms with van der Waals surface area (Å²) >= 11 is 0. The first-order valence-corrected chi connectivity index (χ1v) is 26.8. The van der Waals surface area contributed by atoms with E-state index in [1.54, 1.807) is 0 Å². The minimum Gasteiger partial charge on any atom is -0.463 e. The topological polar surface area (TPSA) is 187 Å². The SMILES string of the molecule is CC(=O)OCC1O[C@H](OCC2OC(OC(C)=O)[C@@H](OC(C)=O)C(OC(C)=O)[C@@H]2OC(C)=O)C(O[Si](C)(C)C)[C@@H](O[Si](C)(C)C)[C@H]1O[Si](C)(C)C. The molecule has 5 unspecified atom stereocenters. The summed E-state index contributed by atoms with van der Waals surface area (Å²) < 4.78 is 66.2. The largest absolute Gasteiger partial charge is 0.463 e. The number of rotatable bonds is 15. The van der Waals surface area contributed by atoms with Crippen LogP contribution in [0.3, 0.4) is 0 Å². The Labute approximate surface area is 297 Å². The van der Waals surface area contributed by atoms with E-state index in [4.69, 9.17) is 51.2 Å². The van der Waals surface area contributed by atoms with Gasteiger partial charge in [-0.05, 0) is 58.9 Å². The van der Waals surface area contributed by atoms with Gasteiger partial charge in [0.15, 0.2) is 43.5 Å².